The molecule has 1 atom stereocenters. The molecule has 0 aliphatic rings. The first kappa shape index (κ1) is 10.2. The van der Waals surface area contributed by atoms with Gasteiger partial charge in [-0.2, -0.15) is 5.26 Å². The lowest BCUT2D eigenvalue weighted by atomic mass is 10.1. The van der Waals surface area contributed by atoms with Crippen LogP contribution in [0.25, 0.3) is 0 Å². The summed E-state index contributed by atoms with van der Waals surface area (Å²) in [6.07, 6.45) is 1.49. The Morgan fingerprint density at radius 2 is 2.36 bits per heavy atom. The summed E-state index contributed by atoms with van der Waals surface area (Å²) >= 11 is 0. The summed E-state index contributed by atoms with van der Waals surface area (Å²) in [5.74, 6) is 0. The average Bonchev–Trinajstić information content (AvgIpc) is 2.03. The summed E-state index contributed by atoms with van der Waals surface area (Å²) < 4.78 is 5.31. The van der Waals surface area contributed by atoms with Crippen LogP contribution in [-0.4, -0.2) is 12.7 Å². The molecule has 0 spiro atoms. The van der Waals surface area contributed by atoms with E-state index < -0.39 is 0 Å². The van der Waals surface area contributed by atoms with Crippen molar-refractivity contribution in [3.05, 3.63) is 12.2 Å². The lowest BCUT2D eigenvalue weighted by molar-refractivity contribution is 0.0930. The van der Waals surface area contributed by atoms with E-state index >= 15 is 0 Å². The van der Waals surface area contributed by atoms with Crippen LogP contribution in [-0.2, 0) is 4.74 Å². The Morgan fingerprint density at radius 3 is 2.82 bits per heavy atom. The number of nitrogens with zero attached hydrogens (tertiary/aromatic N) is 1. The molecule has 1 unspecified atom stereocenters. The molecule has 62 valence electrons. The van der Waals surface area contributed by atoms with Crippen LogP contribution in [0.15, 0.2) is 12.2 Å². The van der Waals surface area contributed by atoms with Crippen LogP contribution in [0.4, 0.5) is 0 Å². The first-order chi connectivity index (χ1) is 5.22. The topological polar surface area (TPSA) is 33.0 Å². The van der Waals surface area contributed by atoms with Gasteiger partial charge in [0.2, 0.25) is 0 Å². The first-order valence-electron chi connectivity index (χ1n) is 3.88. The van der Waals surface area contributed by atoms with Crippen molar-refractivity contribution in [2.75, 3.05) is 6.61 Å². The molecule has 0 saturated heterocycles. The molecule has 0 aromatic carbocycles. The molecule has 2 nitrogen and oxygen atoms in total. The van der Waals surface area contributed by atoms with Crippen LogP contribution in [0.3, 0.4) is 0 Å². The Bertz CT molecular complexity index is 157. The number of hydrogen-bond donors (Lipinski definition) is 0. The Labute approximate surface area is 68.5 Å². The summed E-state index contributed by atoms with van der Waals surface area (Å²) in [6.45, 7) is 8.36. The molecule has 2 heteroatoms. The third kappa shape index (κ3) is 4.58. The molecule has 0 saturated carbocycles. The van der Waals surface area contributed by atoms with Crippen molar-refractivity contribution in [3.63, 3.8) is 0 Å². The van der Waals surface area contributed by atoms with Crippen LogP contribution >= 0.6 is 0 Å². The van der Waals surface area contributed by atoms with Crippen LogP contribution in [0.5, 0.6) is 0 Å². The van der Waals surface area contributed by atoms with Crippen molar-refractivity contribution in [2.24, 2.45) is 0 Å². The van der Waals surface area contributed by atoms with E-state index in [1.807, 2.05) is 19.9 Å². The number of hydrogen-bond acceptors (Lipinski definition) is 2. The van der Waals surface area contributed by atoms with Crippen LogP contribution < -0.4 is 0 Å². The van der Waals surface area contributed by atoms with Gasteiger partial charge in [-0.05, 0) is 18.9 Å². The van der Waals surface area contributed by atoms with Gasteiger partial charge >= 0.3 is 0 Å². The average molecular weight is 153 g/mol. The summed E-state index contributed by atoms with van der Waals surface area (Å²) in [5.41, 5.74) is 1.09. The van der Waals surface area contributed by atoms with Gasteiger partial charge in [-0.3, -0.25) is 0 Å². The van der Waals surface area contributed by atoms with Gasteiger partial charge < -0.3 is 4.74 Å². The molecule has 0 N–H and O–H groups in total. The second kappa shape index (κ2) is 5.94. The highest BCUT2D eigenvalue weighted by Gasteiger charge is 2.03. The molecule has 0 fully saturated rings. The van der Waals surface area contributed by atoms with Gasteiger partial charge in [0.05, 0.1) is 25.2 Å². The summed E-state index contributed by atoms with van der Waals surface area (Å²) in [4.78, 5) is 0. The largest absolute Gasteiger partial charge is 0.373 e. The van der Waals surface area contributed by atoms with Gasteiger partial charge in [0, 0.05) is 0 Å². The molecule has 0 aliphatic carbocycles. The minimum Gasteiger partial charge on any atom is -0.373 e. The lowest BCUT2D eigenvalue weighted by Crippen LogP contribution is -2.10. The maximum absolute atomic E-state index is 8.22. The molecule has 0 radical (unpaired) electrons. The summed E-state index contributed by atoms with van der Waals surface area (Å²) in [7, 11) is 0. The molecular weight excluding hydrogens is 138 g/mol. The fourth-order valence-corrected chi connectivity index (χ4v) is 0.687. The van der Waals surface area contributed by atoms with Gasteiger partial charge in [-0.1, -0.05) is 13.5 Å². The zero-order valence-electron chi connectivity index (χ0n) is 7.26. The molecule has 0 heterocycles. The van der Waals surface area contributed by atoms with E-state index in [-0.39, 0.29) is 6.10 Å². The maximum Gasteiger partial charge on any atom is 0.0754 e. The van der Waals surface area contributed by atoms with Gasteiger partial charge in [0.25, 0.3) is 0 Å². The second-order valence-electron chi connectivity index (χ2n) is 2.43. The third-order valence-corrected chi connectivity index (χ3v) is 1.61. The van der Waals surface area contributed by atoms with E-state index in [2.05, 4.69) is 6.58 Å². The normalized spacial score (nSPS) is 12.1. The molecule has 0 bridgehead atoms. The van der Waals surface area contributed by atoms with Crippen LogP contribution in [0.2, 0.25) is 0 Å². The maximum atomic E-state index is 8.22. The number of nitriles is 1. The summed E-state index contributed by atoms with van der Waals surface area (Å²) in [5, 5.41) is 8.22. The first-order valence-corrected chi connectivity index (χ1v) is 3.88. The van der Waals surface area contributed by atoms with E-state index in [1.54, 1.807) is 0 Å². The predicted molar refractivity (Wildman–Crippen MR) is 45.1 cm³/mol. The highest BCUT2D eigenvalue weighted by molar-refractivity contribution is 4.99. The van der Waals surface area contributed by atoms with Gasteiger partial charge in [0.15, 0.2) is 0 Å². The SMILES string of the molecule is C=C(CC)C(C)OCCC#N. The third-order valence-electron chi connectivity index (χ3n) is 1.61. The van der Waals surface area contributed by atoms with Crippen LogP contribution in [0, 0.1) is 11.3 Å². The van der Waals surface area contributed by atoms with Crippen molar-refractivity contribution in [3.8, 4) is 6.07 Å². The molecule has 0 aromatic heterocycles. The molecule has 0 amide bonds. The zero-order chi connectivity index (χ0) is 8.69. The van der Waals surface area contributed by atoms with E-state index in [9.17, 15) is 0 Å². The zero-order valence-corrected chi connectivity index (χ0v) is 7.26. The highest BCUT2D eigenvalue weighted by Crippen LogP contribution is 2.07. The molecular formula is C9H15NO. The fourth-order valence-electron chi connectivity index (χ4n) is 0.687. The Balaban J connectivity index is 3.45. The molecule has 0 rings (SSSR count). The smallest absolute Gasteiger partial charge is 0.0754 e. The van der Waals surface area contributed by atoms with E-state index in [0.29, 0.717) is 13.0 Å². The van der Waals surface area contributed by atoms with Crippen molar-refractivity contribution in [1.82, 2.24) is 0 Å². The van der Waals surface area contributed by atoms with Crippen molar-refractivity contribution >= 4 is 0 Å². The van der Waals surface area contributed by atoms with Gasteiger partial charge in [-0.15, -0.1) is 0 Å². The number of ether oxygens (including phenoxy) is 1. The standard InChI is InChI=1S/C9H15NO/c1-4-8(2)9(3)11-7-5-6-10/h9H,2,4-5,7H2,1,3H3. The van der Waals surface area contributed by atoms with E-state index in [4.69, 9.17) is 10.00 Å². The van der Waals surface area contributed by atoms with E-state index in [0.717, 1.165) is 12.0 Å². The quantitative estimate of drug-likeness (QED) is 0.448. The minimum absolute atomic E-state index is 0.0911. The van der Waals surface area contributed by atoms with Gasteiger partial charge in [-0.25, -0.2) is 0 Å². The highest BCUT2D eigenvalue weighted by atomic mass is 16.5. The van der Waals surface area contributed by atoms with E-state index in [1.165, 1.54) is 0 Å². The lowest BCUT2D eigenvalue weighted by Gasteiger charge is -2.12. The summed E-state index contributed by atoms with van der Waals surface area (Å²) in [6, 6.07) is 2.03. The number of rotatable bonds is 5. The Hall–Kier alpha value is -0.810. The van der Waals surface area contributed by atoms with Gasteiger partial charge in [0.1, 0.15) is 0 Å². The van der Waals surface area contributed by atoms with Crippen LogP contribution in [0.1, 0.15) is 26.7 Å². The Morgan fingerprint density at radius 1 is 1.73 bits per heavy atom. The second-order valence-corrected chi connectivity index (χ2v) is 2.43. The molecule has 0 aliphatic heterocycles. The predicted octanol–water partition coefficient (Wildman–Crippen LogP) is 2.27. The Kier molecular flexibility index (Phi) is 5.50. The van der Waals surface area contributed by atoms with Crippen molar-refractivity contribution in [2.45, 2.75) is 32.8 Å². The molecule has 11 heavy (non-hydrogen) atoms. The fraction of sp³-hybridized carbons (Fsp3) is 0.667. The van der Waals surface area contributed by atoms with Crippen molar-refractivity contribution < 1.29 is 4.74 Å². The van der Waals surface area contributed by atoms with Crippen molar-refractivity contribution in [1.29, 1.82) is 5.26 Å². The monoisotopic (exact) mass is 153 g/mol. The molecule has 0 aromatic rings. The minimum atomic E-state index is 0.0911.